The molecule has 5 nitrogen and oxygen atoms in total. The van der Waals surface area contributed by atoms with Crippen LogP contribution in [0.15, 0.2) is 53.8 Å². The first kappa shape index (κ1) is 11.8. The number of pyridine rings is 1. The van der Waals surface area contributed by atoms with Crippen molar-refractivity contribution in [2.45, 2.75) is 0 Å². The molecule has 0 bridgehead atoms. The summed E-state index contributed by atoms with van der Waals surface area (Å²) in [5.74, 6) is -0.219. The highest BCUT2D eigenvalue weighted by Crippen LogP contribution is 2.18. The van der Waals surface area contributed by atoms with Gasteiger partial charge in [-0.25, -0.2) is 4.99 Å². The zero-order valence-corrected chi connectivity index (χ0v) is 9.58. The third-order valence-electron chi connectivity index (χ3n) is 2.39. The molecule has 18 heavy (non-hydrogen) atoms. The molecule has 5 heteroatoms. The molecule has 2 rings (SSSR count). The minimum atomic E-state index is -0.531. The van der Waals surface area contributed by atoms with Crippen LogP contribution in [0.4, 0.5) is 5.69 Å². The Morgan fingerprint density at radius 3 is 2.39 bits per heavy atom. The van der Waals surface area contributed by atoms with Gasteiger partial charge in [0.1, 0.15) is 5.84 Å². The second kappa shape index (κ2) is 5.09. The van der Waals surface area contributed by atoms with E-state index in [0.717, 1.165) is 5.56 Å². The molecular weight excluding hydrogens is 228 g/mol. The number of primary amides is 1. The van der Waals surface area contributed by atoms with Gasteiger partial charge in [-0.2, -0.15) is 0 Å². The van der Waals surface area contributed by atoms with E-state index >= 15 is 0 Å². The van der Waals surface area contributed by atoms with E-state index in [9.17, 15) is 4.79 Å². The monoisotopic (exact) mass is 240 g/mol. The van der Waals surface area contributed by atoms with Gasteiger partial charge < -0.3 is 11.5 Å². The quantitative estimate of drug-likeness (QED) is 0.623. The molecule has 0 aliphatic rings. The second-order valence-electron chi connectivity index (χ2n) is 3.61. The molecule has 0 radical (unpaired) electrons. The molecule has 1 aromatic heterocycles. The molecular formula is C13H12N4O. The van der Waals surface area contributed by atoms with Gasteiger partial charge in [0.15, 0.2) is 0 Å². The molecule has 90 valence electrons. The average Bonchev–Trinajstić information content (AvgIpc) is 2.40. The molecule has 1 aromatic carbocycles. The normalized spacial score (nSPS) is 11.2. The van der Waals surface area contributed by atoms with Crippen LogP contribution in [-0.4, -0.2) is 16.7 Å². The summed E-state index contributed by atoms with van der Waals surface area (Å²) < 4.78 is 0. The van der Waals surface area contributed by atoms with Crippen molar-refractivity contribution in [3.63, 3.8) is 0 Å². The van der Waals surface area contributed by atoms with Crippen molar-refractivity contribution >= 4 is 17.4 Å². The predicted octanol–water partition coefficient (Wildman–Crippen LogP) is 1.22. The molecule has 4 N–H and O–H groups in total. The van der Waals surface area contributed by atoms with Crippen molar-refractivity contribution < 1.29 is 4.79 Å². The molecule has 0 unspecified atom stereocenters. The van der Waals surface area contributed by atoms with Crippen LogP contribution in [0.25, 0.3) is 0 Å². The minimum Gasteiger partial charge on any atom is -0.383 e. The molecule has 0 aliphatic carbocycles. The zero-order chi connectivity index (χ0) is 13.0. The Labute approximate surface area is 104 Å². The SMILES string of the molecule is NC(=O)c1ccccc1N=C(N)c1ccncc1. The fourth-order valence-electron chi connectivity index (χ4n) is 1.50. The fraction of sp³-hybridized carbons (Fsp3) is 0. The summed E-state index contributed by atoms with van der Waals surface area (Å²) in [5.41, 5.74) is 12.7. The number of amidine groups is 1. The van der Waals surface area contributed by atoms with Crippen LogP contribution in [0.2, 0.25) is 0 Å². The number of benzene rings is 1. The average molecular weight is 240 g/mol. The van der Waals surface area contributed by atoms with E-state index in [0.29, 0.717) is 17.1 Å². The zero-order valence-electron chi connectivity index (χ0n) is 9.58. The molecule has 1 heterocycles. The van der Waals surface area contributed by atoms with Crippen LogP contribution in [0, 0.1) is 0 Å². The van der Waals surface area contributed by atoms with Gasteiger partial charge in [-0.05, 0) is 24.3 Å². The standard InChI is InChI=1S/C13H12N4O/c14-12(9-5-7-16-8-6-9)17-11-4-2-1-3-10(11)13(15)18/h1-8H,(H2,14,17)(H2,15,18). The maximum Gasteiger partial charge on any atom is 0.250 e. The number of hydrogen-bond acceptors (Lipinski definition) is 3. The van der Waals surface area contributed by atoms with E-state index in [-0.39, 0.29) is 0 Å². The number of carbonyl (C=O) groups excluding carboxylic acids is 1. The highest BCUT2D eigenvalue weighted by molar-refractivity contribution is 6.02. The van der Waals surface area contributed by atoms with E-state index in [2.05, 4.69) is 9.98 Å². The number of carbonyl (C=O) groups is 1. The Kier molecular flexibility index (Phi) is 3.33. The van der Waals surface area contributed by atoms with Crippen LogP contribution in [0.3, 0.4) is 0 Å². The predicted molar refractivity (Wildman–Crippen MR) is 69.6 cm³/mol. The topological polar surface area (TPSA) is 94.4 Å². The van der Waals surface area contributed by atoms with E-state index in [4.69, 9.17) is 11.5 Å². The molecule has 0 spiro atoms. The Morgan fingerprint density at radius 2 is 1.72 bits per heavy atom. The van der Waals surface area contributed by atoms with Crippen molar-refractivity contribution in [2.24, 2.45) is 16.5 Å². The van der Waals surface area contributed by atoms with Gasteiger partial charge >= 0.3 is 0 Å². The van der Waals surface area contributed by atoms with Crippen molar-refractivity contribution in [2.75, 3.05) is 0 Å². The lowest BCUT2D eigenvalue weighted by Gasteiger charge is -2.03. The summed E-state index contributed by atoms with van der Waals surface area (Å²) in [5, 5.41) is 0. The number of aromatic nitrogens is 1. The van der Waals surface area contributed by atoms with Gasteiger partial charge in [0.25, 0.3) is 5.91 Å². The molecule has 1 amide bonds. The Bertz CT molecular complexity index is 593. The van der Waals surface area contributed by atoms with E-state index in [1.165, 1.54) is 0 Å². The highest BCUT2D eigenvalue weighted by Gasteiger charge is 2.07. The fourth-order valence-corrected chi connectivity index (χ4v) is 1.50. The van der Waals surface area contributed by atoms with E-state index in [1.54, 1.807) is 48.8 Å². The molecule has 0 saturated heterocycles. The highest BCUT2D eigenvalue weighted by atomic mass is 16.1. The van der Waals surface area contributed by atoms with Crippen molar-refractivity contribution in [3.05, 3.63) is 59.9 Å². The summed E-state index contributed by atoms with van der Waals surface area (Å²) >= 11 is 0. The molecule has 0 aliphatic heterocycles. The van der Waals surface area contributed by atoms with Crippen molar-refractivity contribution in [3.8, 4) is 0 Å². The van der Waals surface area contributed by atoms with Gasteiger partial charge in [-0.3, -0.25) is 9.78 Å². The van der Waals surface area contributed by atoms with E-state index in [1.807, 2.05) is 0 Å². The summed E-state index contributed by atoms with van der Waals surface area (Å²) in [7, 11) is 0. The summed E-state index contributed by atoms with van der Waals surface area (Å²) in [6.07, 6.45) is 3.25. The van der Waals surface area contributed by atoms with Gasteiger partial charge in [-0.15, -0.1) is 0 Å². The number of amides is 1. The number of aliphatic imine (C=N–C) groups is 1. The van der Waals surface area contributed by atoms with Gasteiger partial charge in [-0.1, -0.05) is 12.1 Å². The molecule has 0 saturated carbocycles. The van der Waals surface area contributed by atoms with E-state index < -0.39 is 5.91 Å². The summed E-state index contributed by atoms with van der Waals surface area (Å²) in [4.78, 5) is 19.4. The Balaban J connectivity index is 2.42. The van der Waals surface area contributed by atoms with Crippen LogP contribution in [-0.2, 0) is 0 Å². The lowest BCUT2D eigenvalue weighted by atomic mass is 10.1. The number of nitrogens with two attached hydrogens (primary N) is 2. The maximum atomic E-state index is 11.2. The van der Waals surface area contributed by atoms with Gasteiger partial charge in [0, 0.05) is 18.0 Å². The van der Waals surface area contributed by atoms with Crippen molar-refractivity contribution in [1.29, 1.82) is 0 Å². The van der Waals surface area contributed by atoms with Crippen LogP contribution in [0.1, 0.15) is 15.9 Å². The Hall–Kier alpha value is -2.69. The third kappa shape index (κ3) is 2.52. The first-order valence-corrected chi connectivity index (χ1v) is 5.32. The second-order valence-corrected chi connectivity index (χ2v) is 3.61. The maximum absolute atomic E-state index is 11.2. The van der Waals surface area contributed by atoms with Gasteiger partial charge in [0.05, 0.1) is 11.3 Å². The number of rotatable bonds is 3. The third-order valence-corrected chi connectivity index (χ3v) is 2.39. The lowest BCUT2D eigenvalue weighted by molar-refractivity contribution is 0.100. The van der Waals surface area contributed by atoms with Gasteiger partial charge in [0.2, 0.25) is 0 Å². The lowest BCUT2D eigenvalue weighted by Crippen LogP contribution is -2.14. The van der Waals surface area contributed by atoms with Crippen LogP contribution < -0.4 is 11.5 Å². The van der Waals surface area contributed by atoms with Crippen LogP contribution >= 0.6 is 0 Å². The van der Waals surface area contributed by atoms with Crippen LogP contribution in [0.5, 0.6) is 0 Å². The smallest absolute Gasteiger partial charge is 0.250 e. The Morgan fingerprint density at radius 1 is 1.06 bits per heavy atom. The van der Waals surface area contributed by atoms with Crippen molar-refractivity contribution in [1.82, 2.24) is 4.98 Å². The number of para-hydroxylation sites is 1. The molecule has 0 atom stereocenters. The first-order chi connectivity index (χ1) is 8.68. The molecule has 0 fully saturated rings. The molecule has 2 aromatic rings. The first-order valence-electron chi connectivity index (χ1n) is 5.32. The number of hydrogen-bond donors (Lipinski definition) is 2. The minimum absolute atomic E-state index is 0.311. The summed E-state index contributed by atoms with van der Waals surface area (Å²) in [6.45, 7) is 0. The largest absolute Gasteiger partial charge is 0.383 e. The summed E-state index contributed by atoms with van der Waals surface area (Å²) in [6, 6.07) is 10.3. The number of nitrogens with zero attached hydrogens (tertiary/aromatic N) is 2.